The Kier molecular flexibility index (Phi) is 2.47. The largest absolute Gasteiger partial charge is 0.476 e. The third kappa shape index (κ3) is 1.47. The molecule has 0 fully saturated rings. The Morgan fingerprint density at radius 2 is 2.33 bits per heavy atom. The maximum absolute atomic E-state index is 10.5. The molecule has 0 spiro atoms. The summed E-state index contributed by atoms with van der Waals surface area (Å²) < 4.78 is 4.87. The van der Waals surface area contributed by atoms with E-state index >= 15 is 0 Å². The van der Waals surface area contributed by atoms with Crippen LogP contribution in [0.15, 0.2) is 4.52 Å². The highest BCUT2D eigenvalue weighted by molar-refractivity contribution is 5.86. The van der Waals surface area contributed by atoms with Crippen molar-refractivity contribution in [3.05, 3.63) is 17.0 Å². The molecule has 0 radical (unpaired) electrons. The van der Waals surface area contributed by atoms with Gasteiger partial charge in [-0.3, -0.25) is 0 Å². The maximum atomic E-state index is 10.5. The van der Waals surface area contributed by atoms with Gasteiger partial charge in [0.15, 0.2) is 5.69 Å². The van der Waals surface area contributed by atoms with E-state index in [1.165, 1.54) is 0 Å². The minimum absolute atomic E-state index is 0.0263. The quantitative estimate of drug-likeness (QED) is 0.746. The van der Waals surface area contributed by atoms with Crippen molar-refractivity contribution < 1.29 is 14.4 Å². The van der Waals surface area contributed by atoms with E-state index < -0.39 is 5.97 Å². The first kappa shape index (κ1) is 8.77. The summed E-state index contributed by atoms with van der Waals surface area (Å²) in [6.07, 6.45) is 1.67. The van der Waals surface area contributed by atoms with Gasteiger partial charge in [0.25, 0.3) is 0 Å². The standard InChI is InChI=1S/C8H11NO3/c1-3-4-6-5(2)7(8(10)11)9-12-6/h3-4H2,1-2H3,(H,10,11). The molecule has 0 aromatic carbocycles. The predicted octanol–water partition coefficient (Wildman–Crippen LogP) is 1.63. The lowest BCUT2D eigenvalue weighted by molar-refractivity contribution is 0.0685. The predicted molar refractivity (Wildman–Crippen MR) is 42.2 cm³/mol. The van der Waals surface area contributed by atoms with Crippen LogP contribution in [0.1, 0.15) is 35.2 Å². The number of hydrogen-bond donors (Lipinski definition) is 1. The Balaban J connectivity index is 2.96. The monoisotopic (exact) mass is 169 g/mol. The first-order valence-electron chi connectivity index (χ1n) is 3.85. The fraction of sp³-hybridized carbons (Fsp3) is 0.500. The molecule has 0 aliphatic carbocycles. The number of aromatic carboxylic acids is 1. The van der Waals surface area contributed by atoms with Gasteiger partial charge in [0.1, 0.15) is 5.76 Å². The van der Waals surface area contributed by atoms with Crippen LogP contribution in [-0.2, 0) is 6.42 Å². The fourth-order valence-electron chi connectivity index (χ4n) is 1.03. The molecular formula is C8H11NO3. The maximum Gasteiger partial charge on any atom is 0.358 e. The molecule has 1 aromatic heterocycles. The van der Waals surface area contributed by atoms with Crippen LogP contribution < -0.4 is 0 Å². The van der Waals surface area contributed by atoms with Crippen molar-refractivity contribution in [1.29, 1.82) is 0 Å². The Morgan fingerprint density at radius 3 is 2.75 bits per heavy atom. The molecule has 4 heteroatoms. The number of carboxylic acids is 1. The number of nitrogens with zero attached hydrogens (tertiary/aromatic N) is 1. The van der Waals surface area contributed by atoms with E-state index in [1.807, 2.05) is 6.92 Å². The molecule has 0 atom stereocenters. The van der Waals surface area contributed by atoms with Gasteiger partial charge < -0.3 is 9.63 Å². The molecule has 0 aliphatic rings. The van der Waals surface area contributed by atoms with Crippen molar-refractivity contribution in [2.24, 2.45) is 0 Å². The molecule has 66 valence electrons. The van der Waals surface area contributed by atoms with E-state index in [0.29, 0.717) is 11.3 Å². The van der Waals surface area contributed by atoms with Gasteiger partial charge >= 0.3 is 5.97 Å². The number of rotatable bonds is 3. The molecule has 0 saturated carbocycles. The van der Waals surface area contributed by atoms with E-state index in [4.69, 9.17) is 9.63 Å². The topological polar surface area (TPSA) is 63.3 Å². The van der Waals surface area contributed by atoms with Crippen LogP contribution >= 0.6 is 0 Å². The zero-order valence-electron chi connectivity index (χ0n) is 7.13. The first-order valence-corrected chi connectivity index (χ1v) is 3.85. The van der Waals surface area contributed by atoms with Gasteiger partial charge in [-0.15, -0.1) is 0 Å². The van der Waals surface area contributed by atoms with Crippen LogP contribution in [0.25, 0.3) is 0 Å². The average molecular weight is 169 g/mol. The third-order valence-electron chi connectivity index (χ3n) is 1.70. The minimum Gasteiger partial charge on any atom is -0.476 e. The second-order valence-corrected chi connectivity index (χ2v) is 2.63. The lowest BCUT2D eigenvalue weighted by Gasteiger charge is -1.91. The van der Waals surface area contributed by atoms with Crippen molar-refractivity contribution in [3.63, 3.8) is 0 Å². The Hall–Kier alpha value is -1.32. The number of carboxylic acid groups (broad SMARTS) is 1. The first-order chi connectivity index (χ1) is 5.66. The molecule has 1 rings (SSSR count). The summed E-state index contributed by atoms with van der Waals surface area (Å²) in [6, 6.07) is 0. The molecular weight excluding hydrogens is 158 g/mol. The van der Waals surface area contributed by atoms with Gasteiger partial charge in [0, 0.05) is 12.0 Å². The van der Waals surface area contributed by atoms with Gasteiger partial charge in [-0.25, -0.2) is 4.79 Å². The molecule has 0 unspecified atom stereocenters. The molecule has 4 nitrogen and oxygen atoms in total. The zero-order valence-corrected chi connectivity index (χ0v) is 7.13. The molecule has 1 heterocycles. The number of aromatic nitrogens is 1. The average Bonchev–Trinajstić information content (AvgIpc) is 2.34. The molecule has 1 aromatic rings. The van der Waals surface area contributed by atoms with Crippen LogP contribution in [0.5, 0.6) is 0 Å². The summed E-state index contributed by atoms with van der Waals surface area (Å²) in [5, 5.41) is 12.1. The van der Waals surface area contributed by atoms with E-state index in [2.05, 4.69) is 5.16 Å². The second kappa shape index (κ2) is 3.38. The van der Waals surface area contributed by atoms with E-state index in [9.17, 15) is 4.79 Å². The molecule has 12 heavy (non-hydrogen) atoms. The summed E-state index contributed by atoms with van der Waals surface area (Å²) in [4.78, 5) is 10.5. The molecule has 1 N–H and O–H groups in total. The van der Waals surface area contributed by atoms with Crippen LogP contribution in [0.3, 0.4) is 0 Å². The SMILES string of the molecule is CCCc1onc(C(=O)O)c1C. The number of hydrogen-bond acceptors (Lipinski definition) is 3. The molecule has 0 bridgehead atoms. The van der Waals surface area contributed by atoms with Gasteiger partial charge in [-0.2, -0.15) is 0 Å². The zero-order chi connectivity index (χ0) is 9.14. The van der Waals surface area contributed by atoms with Crippen molar-refractivity contribution in [2.75, 3.05) is 0 Å². The summed E-state index contributed by atoms with van der Waals surface area (Å²) in [5.74, 6) is -0.353. The molecule has 0 aliphatic heterocycles. The Bertz CT molecular complexity index is 290. The Morgan fingerprint density at radius 1 is 1.67 bits per heavy atom. The highest BCUT2D eigenvalue weighted by atomic mass is 16.5. The lowest BCUT2D eigenvalue weighted by atomic mass is 10.1. The highest BCUT2D eigenvalue weighted by Gasteiger charge is 2.16. The summed E-state index contributed by atoms with van der Waals surface area (Å²) in [5.41, 5.74) is 0.669. The van der Waals surface area contributed by atoms with E-state index in [0.717, 1.165) is 12.8 Å². The normalized spacial score (nSPS) is 10.2. The van der Waals surface area contributed by atoms with Gasteiger partial charge in [0.2, 0.25) is 0 Å². The van der Waals surface area contributed by atoms with Crippen molar-refractivity contribution >= 4 is 5.97 Å². The second-order valence-electron chi connectivity index (χ2n) is 2.63. The minimum atomic E-state index is -1.03. The van der Waals surface area contributed by atoms with Crippen LogP contribution in [0.4, 0.5) is 0 Å². The van der Waals surface area contributed by atoms with Crippen LogP contribution in [0, 0.1) is 6.92 Å². The fourth-order valence-corrected chi connectivity index (χ4v) is 1.03. The van der Waals surface area contributed by atoms with Crippen molar-refractivity contribution in [2.45, 2.75) is 26.7 Å². The van der Waals surface area contributed by atoms with Gasteiger partial charge in [-0.05, 0) is 13.3 Å². The highest BCUT2D eigenvalue weighted by Crippen LogP contribution is 2.14. The summed E-state index contributed by atoms with van der Waals surface area (Å²) >= 11 is 0. The van der Waals surface area contributed by atoms with Crippen molar-refractivity contribution in [3.8, 4) is 0 Å². The third-order valence-corrected chi connectivity index (χ3v) is 1.70. The van der Waals surface area contributed by atoms with Crippen LogP contribution in [0.2, 0.25) is 0 Å². The van der Waals surface area contributed by atoms with Gasteiger partial charge in [0.05, 0.1) is 0 Å². The lowest BCUT2D eigenvalue weighted by Crippen LogP contribution is -1.98. The Labute approximate surface area is 70.2 Å². The smallest absolute Gasteiger partial charge is 0.358 e. The summed E-state index contributed by atoms with van der Waals surface area (Å²) in [6.45, 7) is 3.72. The van der Waals surface area contributed by atoms with Crippen LogP contribution in [-0.4, -0.2) is 16.2 Å². The summed E-state index contributed by atoms with van der Waals surface area (Å²) in [7, 11) is 0. The van der Waals surface area contributed by atoms with E-state index in [-0.39, 0.29) is 5.69 Å². The van der Waals surface area contributed by atoms with E-state index in [1.54, 1.807) is 6.92 Å². The molecule has 0 amide bonds. The number of aryl methyl sites for hydroxylation is 1. The number of carbonyl (C=O) groups is 1. The van der Waals surface area contributed by atoms with Crippen molar-refractivity contribution in [1.82, 2.24) is 5.16 Å². The van der Waals surface area contributed by atoms with Gasteiger partial charge in [-0.1, -0.05) is 12.1 Å². The molecule has 0 saturated heterocycles.